The summed E-state index contributed by atoms with van der Waals surface area (Å²) < 4.78 is 164. The van der Waals surface area contributed by atoms with Crippen LogP contribution in [0.1, 0.15) is 153 Å². The van der Waals surface area contributed by atoms with Crippen molar-refractivity contribution in [2.24, 2.45) is 0 Å². The number of ether oxygens (including phenoxy) is 14. The molecule has 1 fully saturated rings. The molecule has 730 valence electrons. The third-order valence-electron chi connectivity index (χ3n) is 15.3. The number of amides is 4. The minimum Gasteiger partial charge on any atom is -0.507 e. The summed E-state index contributed by atoms with van der Waals surface area (Å²) in [6.45, 7) is 30.3. The summed E-state index contributed by atoms with van der Waals surface area (Å²) in [5.41, 5.74) is -1.41. The van der Waals surface area contributed by atoms with E-state index >= 15 is 0 Å². The van der Waals surface area contributed by atoms with E-state index in [1.165, 1.54) is 147 Å². The van der Waals surface area contributed by atoms with Crippen LogP contribution in [-0.2, 0) is 65.1 Å². The van der Waals surface area contributed by atoms with Gasteiger partial charge in [-0.2, -0.15) is 0 Å². The van der Waals surface area contributed by atoms with Gasteiger partial charge in [0.15, 0.2) is 18.3 Å². The molecule has 37 heteroatoms. The Morgan fingerprint density at radius 3 is 1.14 bits per heavy atom. The summed E-state index contributed by atoms with van der Waals surface area (Å²) >= 11 is 5.47. The van der Waals surface area contributed by atoms with E-state index in [2.05, 4.69) is 53.2 Å². The number of hydrogen-bond donors (Lipinski definition) is 6. The second-order valence-corrected chi connectivity index (χ2v) is 34.4. The number of carbonyl (C=O) groups is 7. The lowest BCUT2D eigenvalue weighted by Gasteiger charge is -2.20. The monoisotopic (exact) mass is 2200 g/mol. The number of aliphatic hydroxyl groups excluding tert-OH is 1. The van der Waals surface area contributed by atoms with Crippen LogP contribution in [0.15, 0.2) is 133 Å². The molecule has 0 bridgehead atoms. The lowest BCUT2D eigenvalue weighted by Crippen LogP contribution is -2.33. The number of halogens is 10. The predicted molar refractivity (Wildman–Crippen MR) is 511 cm³/mol. The van der Waals surface area contributed by atoms with Gasteiger partial charge in [-0.05, 0) is 302 Å². The van der Waals surface area contributed by atoms with Crippen molar-refractivity contribution < 1.29 is 141 Å². The highest BCUT2D eigenvalue weighted by molar-refractivity contribution is 14.1. The van der Waals surface area contributed by atoms with E-state index in [9.17, 15) is 64.3 Å². The molecule has 1 aliphatic rings. The maximum atomic E-state index is 14.1. The van der Waals surface area contributed by atoms with Gasteiger partial charge in [0.05, 0.1) is 66.0 Å². The number of esters is 3. The van der Waals surface area contributed by atoms with E-state index in [0.717, 1.165) is 13.2 Å². The topological polar surface area (TPSA) is 337 Å². The highest BCUT2D eigenvalue weighted by atomic mass is 127. The fourth-order valence-electron chi connectivity index (χ4n) is 9.33. The molecule has 7 aromatic rings. The van der Waals surface area contributed by atoms with E-state index in [4.69, 9.17) is 68.7 Å². The van der Waals surface area contributed by atoms with Gasteiger partial charge in [-0.1, -0.05) is 60.2 Å². The van der Waals surface area contributed by atoms with Gasteiger partial charge in [-0.25, -0.2) is 64.3 Å². The van der Waals surface area contributed by atoms with Crippen molar-refractivity contribution >= 4 is 110 Å². The fourth-order valence-corrected chi connectivity index (χ4v) is 10.8. The first kappa shape index (κ1) is 121. The normalized spacial score (nSPS) is 11.8. The van der Waals surface area contributed by atoms with Gasteiger partial charge < -0.3 is 97.8 Å². The van der Waals surface area contributed by atoms with Crippen LogP contribution < -0.4 is 49.7 Å². The van der Waals surface area contributed by atoms with Crippen molar-refractivity contribution in [3.63, 3.8) is 0 Å². The molecule has 0 unspecified atom stereocenters. The Hall–Kier alpha value is -10.6. The highest BCUT2D eigenvalue weighted by Crippen LogP contribution is 2.29. The molecule has 1 saturated heterocycles. The summed E-state index contributed by atoms with van der Waals surface area (Å²) in [6, 6.07) is 32.6. The van der Waals surface area contributed by atoms with E-state index in [0.29, 0.717) is 80.0 Å². The molecule has 8 rings (SSSR count). The number of benzene rings is 7. The van der Waals surface area contributed by atoms with Crippen LogP contribution in [0, 0.1) is 75.6 Å². The second kappa shape index (κ2) is 65.1. The first-order valence-corrected chi connectivity index (χ1v) is 44.1. The summed E-state index contributed by atoms with van der Waals surface area (Å²) in [4.78, 5) is 79.3. The number of rotatable bonds is 24. The zero-order valence-electron chi connectivity index (χ0n) is 78.0. The zero-order chi connectivity index (χ0) is 100. The Labute approximate surface area is 810 Å². The molecule has 0 aromatic heterocycles. The number of carbonyl (C=O) groups excluding carboxylic acids is 7. The number of aromatic hydroxyl groups is 1. The summed E-state index contributed by atoms with van der Waals surface area (Å²) in [7, 11) is 6.80. The Morgan fingerprint density at radius 1 is 0.439 bits per heavy atom. The number of terminal acetylenes is 1. The van der Waals surface area contributed by atoms with Gasteiger partial charge >= 0.3 is 42.3 Å². The Kier molecular flexibility index (Phi) is 59.8. The quantitative estimate of drug-likeness (QED) is 0.00817. The molecule has 1 aliphatic heterocycles. The van der Waals surface area contributed by atoms with E-state index in [1.54, 1.807) is 168 Å². The summed E-state index contributed by atoms with van der Waals surface area (Å²) in [5, 5.41) is 28.0. The summed E-state index contributed by atoms with van der Waals surface area (Å²) in [6.07, 6.45) is 4.26. The molecule has 6 N–H and O–H groups in total. The molecule has 132 heavy (non-hydrogen) atoms. The second-order valence-electron chi connectivity index (χ2n) is 31.1. The van der Waals surface area contributed by atoms with Crippen LogP contribution >= 0.6 is 67.8 Å². The number of phenolic OH excluding ortho intramolecular Hbond substituents is 1. The molecule has 7 aromatic carbocycles. The summed E-state index contributed by atoms with van der Waals surface area (Å²) in [5.74, 6) is 5.52. The molecule has 4 amide bonds. The van der Waals surface area contributed by atoms with Crippen molar-refractivity contribution in [3.05, 3.63) is 202 Å². The highest BCUT2D eigenvalue weighted by Gasteiger charge is 2.24. The average Bonchev–Trinajstić information content (AvgIpc) is 0.865. The van der Waals surface area contributed by atoms with Gasteiger partial charge in [0, 0.05) is 43.5 Å². The standard InChI is InChI=1S/C18H26FNO5.C18H22FNO5.C17H26FNO4.C10H10FIO3.C8H13NO2.C7H6FIO.C7H7FO.C6H4FIO.C4H8O/c2*1-12(16(21)23-5)24-15-10-6-9-14(19)13(15)8-7-11-20-17(22)25-18(2,3)4;1-12(11-20)22-15-9-5-8-14(18)13(15)7-6-10-19-16(21)23-17(2,3)4;1-6(10(13)14-2)15-8-5-3-4-7(11)9(8)12;1-5-6-9-7(10)11-8(2,3)4;1-10-6-4-2-3-5(8)7(6)9;1-9-7-4-2-3-6(8)5-7;7-4-2-1-3-5(9)6(4)8;1-2-4-5-3-1/h6,9-10,12H,7-8,11H2,1-5H3,(H,20,22);6,9-10,12H,11H2,1-5H3,(H,20,22);5,8-9,12,20H,6-7,10-11H2,1-4H3,(H,19,21);3-6H,1-2H3;1H,6H2,2-4H3,(H,9,10);2-4H,1H3;2-5H,1H3;1-3,9H;1-4H2/t3*12-;6-;;;;;/m1111...../s1. The Balaban J connectivity index is 0.00000152. The van der Waals surface area contributed by atoms with Gasteiger partial charge in [-0.15, -0.1) is 6.42 Å². The molecular formula is C95H122F7I3N4O23. The van der Waals surface area contributed by atoms with Gasteiger partial charge in [0.25, 0.3) is 0 Å². The molecule has 27 nitrogen and oxygen atoms in total. The first-order valence-electron chi connectivity index (χ1n) is 40.9. The number of nitrogens with one attached hydrogen (secondary N) is 4. The lowest BCUT2D eigenvalue weighted by molar-refractivity contribution is -0.148. The molecule has 0 spiro atoms. The number of aliphatic hydroxyl groups is 1. The van der Waals surface area contributed by atoms with Crippen LogP contribution in [0.3, 0.4) is 0 Å². The van der Waals surface area contributed by atoms with Gasteiger partial charge in [0.2, 0.25) is 0 Å². The van der Waals surface area contributed by atoms with E-state index < -0.39 is 101 Å². The third kappa shape index (κ3) is 55.6. The molecule has 0 saturated carbocycles. The predicted octanol–water partition coefficient (Wildman–Crippen LogP) is 19.6. The maximum Gasteiger partial charge on any atom is 0.408 e. The van der Waals surface area contributed by atoms with E-state index in [1.807, 2.05) is 45.2 Å². The number of phenols is 1. The average molecular weight is 2200 g/mol. The van der Waals surface area contributed by atoms with Gasteiger partial charge in [-0.3, -0.25) is 0 Å². The number of hydrogen-bond acceptors (Lipinski definition) is 23. The van der Waals surface area contributed by atoms with Crippen molar-refractivity contribution in [1.82, 2.24) is 21.3 Å². The van der Waals surface area contributed by atoms with Crippen molar-refractivity contribution in [2.75, 3.05) is 81.5 Å². The number of alkyl carbamates (subject to hydrolysis) is 4. The zero-order valence-corrected chi connectivity index (χ0v) is 84.5. The minimum atomic E-state index is -0.910. The molecule has 4 atom stereocenters. The third-order valence-corrected chi connectivity index (χ3v) is 18.4. The molecule has 1 heterocycles. The van der Waals surface area contributed by atoms with Crippen LogP contribution in [0.25, 0.3) is 0 Å². The van der Waals surface area contributed by atoms with Crippen molar-refractivity contribution in [3.8, 4) is 64.4 Å². The molecular weight excluding hydrogens is 2080 g/mol. The van der Waals surface area contributed by atoms with Crippen LogP contribution in [0.5, 0.6) is 40.2 Å². The van der Waals surface area contributed by atoms with Crippen LogP contribution in [0.2, 0.25) is 0 Å². The SMILES string of the molecule is C#CCNC(=O)OC(C)(C)C.C1CCOC1.COC(=O)[C@@H](C)Oc1cccc(F)c1C#CCNC(=O)OC(C)(C)C.COC(=O)[C@@H](C)Oc1cccc(F)c1CCCNC(=O)OC(C)(C)C.COC(=O)[C@@H](C)Oc1cccc(F)c1I.COc1cccc(F)c1.COc1cccc(F)c1I.C[C@H](CO)Oc1cccc(F)c1CCCNC(=O)OC(C)(C)C.Oc1cccc(F)c1I. The lowest BCUT2D eigenvalue weighted by atomic mass is 10.1. The first-order chi connectivity index (χ1) is 61.8. The maximum absolute atomic E-state index is 14.1. The minimum absolute atomic E-state index is 0.00407. The molecule has 0 radical (unpaired) electrons. The smallest absolute Gasteiger partial charge is 0.408 e. The Morgan fingerprint density at radius 2 is 0.788 bits per heavy atom. The van der Waals surface area contributed by atoms with Gasteiger partial charge in [0.1, 0.15) is 115 Å². The van der Waals surface area contributed by atoms with Crippen molar-refractivity contribution in [1.29, 1.82) is 0 Å². The molecule has 0 aliphatic carbocycles. The van der Waals surface area contributed by atoms with Crippen LogP contribution in [0.4, 0.5) is 49.9 Å². The van der Waals surface area contributed by atoms with Crippen LogP contribution in [-0.4, -0.2) is 181 Å². The van der Waals surface area contributed by atoms with E-state index in [-0.39, 0.29) is 75.2 Å². The Bertz CT molecular complexity index is 4750. The number of methoxy groups -OCH3 is 5. The fraction of sp³-hybridized carbons (Fsp3) is 0.442. The van der Waals surface area contributed by atoms with Crippen molar-refractivity contribution in [2.45, 2.75) is 196 Å². The largest absolute Gasteiger partial charge is 0.507 e.